The summed E-state index contributed by atoms with van der Waals surface area (Å²) in [7, 11) is 3.89. The third-order valence-electron chi connectivity index (χ3n) is 5.24. The summed E-state index contributed by atoms with van der Waals surface area (Å²) in [5.74, 6) is -2.16. The second-order valence-corrected chi connectivity index (χ2v) is 7.65. The Balaban J connectivity index is 1.78. The zero-order chi connectivity index (χ0) is 21.4. The molecule has 1 aliphatic rings. The number of ketones is 1. The van der Waals surface area contributed by atoms with Crippen molar-refractivity contribution in [3.8, 4) is 0 Å². The van der Waals surface area contributed by atoms with Gasteiger partial charge in [-0.15, -0.1) is 0 Å². The Hall–Kier alpha value is -3.45. The van der Waals surface area contributed by atoms with Crippen LogP contribution in [-0.2, 0) is 4.79 Å². The number of para-hydroxylation sites is 1. The van der Waals surface area contributed by atoms with E-state index in [4.69, 9.17) is 4.42 Å². The highest BCUT2D eigenvalue weighted by atomic mass is 19.1. The number of amides is 1. The molecule has 2 heterocycles. The highest BCUT2D eigenvalue weighted by Gasteiger charge is 2.44. The van der Waals surface area contributed by atoms with Gasteiger partial charge in [0.1, 0.15) is 11.4 Å². The molecule has 0 aliphatic carbocycles. The van der Waals surface area contributed by atoms with Crippen molar-refractivity contribution in [1.29, 1.82) is 0 Å². The van der Waals surface area contributed by atoms with Crippen molar-refractivity contribution in [2.75, 3.05) is 27.2 Å². The molecule has 3 aromatic rings. The minimum atomic E-state index is -0.821. The quantitative estimate of drug-likeness (QED) is 0.613. The first-order valence-corrected chi connectivity index (χ1v) is 9.68. The number of likely N-dealkylation sites (N-methyl/N-ethyl adjacent to an activating group) is 1. The lowest BCUT2D eigenvalue weighted by Gasteiger charge is -2.26. The van der Waals surface area contributed by atoms with E-state index in [1.807, 2.05) is 26.2 Å². The Morgan fingerprint density at radius 1 is 1.17 bits per heavy atom. The number of halogens is 1. The molecule has 4 rings (SSSR count). The fraction of sp³-hybridized carbons (Fsp3) is 0.217. The number of nitrogens with one attached hydrogen (secondary N) is 1. The smallest absolute Gasteiger partial charge is 0.290 e. The molecule has 1 aliphatic heterocycles. The molecular weight excluding hydrogens is 387 g/mol. The van der Waals surface area contributed by atoms with Crippen molar-refractivity contribution in [3.63, 3.8) is 0 Å². The zero-order valence-corrected chi connectivity index (χ0v) is 16.7. The van der Waals surface area contributed by atoms with Crippen LogP contribution in [0.15, 0.2) is 70.3 Å². The van der Waals surface area contributed by atoms with Gasteiger partial charge in [-0.2, -0.15) is 0 Å². The lowest BCUT2D eigenvalue weighted by atomic mass is 9.95. The van der Waals surface area contributed by atoms with Gasteiger partial charge in [-0.05, 0) is 29.8 Å². The number of carbonyl (C=O) groups is 2. The van der Waals surface area contributed by atoms with Crippen LogP contribution in [0.4, 0.5) is 4.39 Å². The number of hydrogen-bond donors (Lipinski definition) is 2. The van der Waals surface area contributed by atoms with Gasteiger partial charge in [-0.25, -0.2) is 4.39 Å². The van der Waals surface area contributed by atoms with Crippen LogP contribution in [0.25, 0.3) is 11.0 Å². The Morgan fingerprint density at radius 2 is 1.87 bits per heavy atom. The van der Waals surface area contributed by atoms with E-state index >= 15 is 0 Å². The lowest BCUT2D eigenvalue weighted by Crippen LogP contribution is -3.06. The first-order chi connectivity index (χ1) is 14.4. The van der Waals surface area contributed by atoms with Gasteiger partial charge in [0, 0.05) is 5.39 Å². The van der Waals surface area contributed by atoms with Gasteiger partial charge in [-0.3, -0.25) is 9.59 Å². The normalized spacial score (nSPS) is 16.9. The molecule has 1 aromatic heterocycles. The van der Waals surface area contributed by atoms with Crippen molar-refractivity contribution < 1.29 is 28.4 Å². The number of aliphatic hydroxyl groups excluding tert-OH is 1. The van der Waals surface area contributed by atoms with E-state index in [-0.39, 0.29) is 11.3 Å². The lowest BCUT2D eigenvalue weighted by molar-refractivity contribution is -0.857. The van der Waals surface area contributed by atoms with Crippen LogP contribution >= 0.6 is 0 Å². The van der Waals surface area contributed by atoms with Gasteiger partial charge in [0.2, 0.25) is 5.78 Å². The molecule has 0 unspecified atom stereocenters. The molecule has 0 fully saturated rings. The summed E-state index contributed by atoms with van der Waals surface area (Å²) < 4.78 is 19.2. The van der Waals surface area contributed by atoms with Gasteiger partial charge in [0.15, 0.2) is 11.5 Å². The first-order valence-electron chi connectivity index (χ1n) is 9.68. The van der Waals surface area contributed by atoms with E-state index in [0.29, 0.717) is 24.2 Å². The molecule has 30 heavy (non-hydrogen) atoms. The fourth-order valence-corrected chi connectivity index (χ4v) is 3.68. The SMILES string of the molecule is C[NH+](C)CCN1C(=O)C(O)=C(C(=O)c2cc3ccccc3o2)[C@@H]1c1ccc(F)cc1. The van der Waals surface area contributed by atoms with Gasteiger partial charge in [0.05, 0.1) is 38.8 Å². The minimum Gasteiger partial charge on any atom is -0.503 e. The van der Waals surface area contributed by atoms with Crippen LogP contribution in [-0.4, -0.2) is 48.9 Å². The standard InChI is InChI=1S/C23H21FN2O4/c1-25(2)11-12-26-20(14-7-9-16(24)10-8-14)19(22(28)23(26)29)21(27)18-13-15-5-3-4-6-17(15)30-18/h3-10,13,20,28H,11-12H2,1-2H3/p+1/t20-/m0/s1. The van der Waals surface area contributed by atoms with Crippen molar-refractivity contribution in [1.82, 2.24) is 4.90 Å². The van der Waals surface area contributed by atoms with Crippen LogP contribution in [0.3, 0.4) is 0 Å². The predicted octanol–water partition coefficient (Wildman–Crippen LogP) is 2.29. The number of benzene rings is 2. The fourth-order valence-electron chi connectivity index (χ4n) is 3.68. The average Bonchev–Trinajstić information content (AvgIpc) is 3.26. The molecular formula is C23H22FN2O4+. The molecule has 2 aromatic carbocycles. The van der Waals surface area contributed by atoms with Gasteiger partial charge >= 0.3 is 0 Å². The topological polar surface area (TPSA) is 75.2 Å². The maximum absolute atomic E-state index is 13.5. The van der Waals surface area contributed by atoms with Crippen molar-refractivity contribution in [2.24, 2.45) is 0 Å². The predicted molar refractivity (Wildman–Crippen MR) is 109 cm³/mol. The largest absolute Gasteiger partial charge is 0.503 e. The summed E-state index contributed by atoms with van der Waals surface area (Å²) in [6.45, 7) is 0.938. The van der Waals surface area contributed by atoms with E-state index in [0.717, 1.165) is 10.3 Å². The summed E-state index contributed by atoms with van der Waals surface area (Å²) in [4.78, 5) is 28.7. The number of carbonyl (C=O) groups excluding carboxylic acids is 2. The molecule has 2 N–H and O–H groups in total. The maximum atomic E-state index is 13.5. The number of quaternary nitrogens is 1. The highest BCUT2D eigenvalue weighted by Crippen LogP contribution is 2.39. The highest BCUT2D eigenvalue weighted by molar-refractivity contribution is 6.16. The molecule has 1 atom stereocenters. The molecule has 1 amide bonds. The average molecular weight is 409 g/mol. The Morgan fingerprint density at radius 3 is 2.53 bits per heavy atom. The third kappa shape index (κ3) is 3.48. The number of fused-ring (bicyclic) bond motifs is 1. The number of rotatable bonds is 6. The molecule has 0 radical (unpaired) electrons. The van der Waals surface area contributed by atoms with E-state index < -0.39 is 29.3 Å². The second kappa shape index (κ2) is 7.76. The van der Waals surface area contributed by atoms with Crippen LogP contribution in [0, 0.1) is 5.82 Å². The zero-order valence-electron chi connectivity index (χ0n) is 16.7. The number of hydrogen-bond acceptors (Lipinski definition) is 4. The van der Waals surface area contributed by atoms with Gasteiger partial charge < -0.3 is 19.3 Å². The monoisotopic (exact) mass is 409 g/mol. The number of Topliss-reactive ketones (excluding diaryl/α,β-unsaturated/α-hetero) is 1. The summed E-state index contributed by atoms with van der Waals surface area (Å²) in [6.07, 6.45) is 0. The van der Waals surface area contributed by atoms with Crippen LogP contribution < -0.4 is 4.90 Å². The second-order valence-electron chi connectivity index (χ2n) is 7.65. The number of furan rings is 1. The summed E-state index contributed by atoms with van der Waals surface area (Å²) >= 11 is 0. The van der Waals surface area contributed by atoms with Crippen LogP contribution in [0.1, 0.15) is 22.2 Å². The van der Waals surface area contributed by atoms with Gasteiger partial charge in [0.25, 0.3) is 5.91 Å². The molecule has 0 spiro atoms. The van der Waals surface area contributed by atoms with Crippen LogP contribution in [0.5, 0.6) is 0 Å². The van der Waals surface area contributed by atoms with Gasteiger partial charge in [-0.1, -0.05) is 30.3 Å². The molecule has 0 saturated carbocycles. The van der Waals surface area contributed by atoms with E-state index in [9.17, 15) is 19.1 Å². The molecule has 7 heteroatoms. The first kappa shape index (κ1) is 19.8. The van der Waals surface area contributed by atoms with Crippen molar-refractivity contribution in [3.05, 3.63) is 83.1 Å². The number of nitrogens with zero attached hydrogens (tertiary/aromatic N) is 1. The van der Waals surface area contributed by atoms with Crippen molar-refractivity contribution >= 4 is 22.7 Å². The third-order valence-corrected chi connectivity index (χ3v) is 5.24. The Labute approximate surface area is 172 Å². The minimum absolute atomic E-state index is 0.0396. The summed E-state index contributed by atoms with van der Waals surface area (Å²) in [5, 5.41) is 11.4. The van der Waals surface area contributed by atoms with E-state index in [1.165, 1.54) is 29.2 Å². The molecule has 0 bridgehead atoms. The van der Waals surface area contributed by atoms with Crippen molar-refractivity contribution in [2.45, 2.75) is 6.04 Å². The summed E-state index contributed by atoms with van der Waals surface area (Å²) in [6, 6.07) is 13.5. The van der Waals surface area contributed by atoms with Crippen LogP contribution in [0.2, 0.25) is 0 Å². The summed E-state index contributed by atoms with van der Waals surface area (Å²) in [5.41, 5.74) is 1.03. The molecule has 6 nitrogen and oxygen atoms in total. The van der Waals surface area contributed by atoms with E-state index in [1.54, 1.807) is 18.2 Å². The molecule has 154 valence electrons. The maximum Gasteiger partial charge on any atom is 0.290 e. The molecule has 0 saturated heterocycles. The Bertz CT molecular complexity index is 1110. The van der Waals surface area contributed by atoms with E-state index in [2.05, 4.69) is 0 Å². The number of aliphatic hydroxyl groups is 1. The Kier molecular flexibility index (Phi) is 5.13.